The Kier molecular flexibility index (Phi) is 4.68. The highest BCUT2D eigenvalue weighted by Crippen LogP contribution is 2.32. The Bertz CT molecular complexity index is 1090. The number of nitrogens with one attached hydrogen (secondary N) is 1. The predicted octanol–water partition coefficient (Wildman–Crippen LogP) is 3.47. The highest BCUT2D eigenvalue weighted by molar-refractivity contribution is 7.21. The molecule has 3 rings (SSSR count). The van der Waals surface area contributed by atoms with Crippen LogP contribution in [-0.2, 0) is 0 Å². The first-order valence-corrected chi connectivity index (χ1v) is 8.03. The zero-order chi connectivity index (χ0) is 20.6. The van der Waals surface area contributed by atoms with Gasteiger partial charge in [0.05, 0.1) is 10.2 Å². The first-order chi connectivity index (χ1) is 13.0. The zero-order valence-corrected chi connectivity index (χ0v) is 14.2. The molecular weight excluding hydrogens is 407 g/mol. The first kappa shape index (κ1) is 19.2. The molecule has 0 bridgehead atoms. The Balaban J connectivity index is 1.88. The molecule has 3 aromatic rings. The number of carboxylic acid groups (broad SMARTS) is 2. The number of benzene rings is 1. The van der Waals surface area contributed by atoms with E-state index < -0.39 is 30.1 Å². The molecule has 28 heavy (non-hydrogen) atoms. The van der Waals surface area contributed by atoms with Gasteiger partial charge in [-0.2, -0.15) is 4.68 Å². The van der Waals surface area contributed by atoms with Crippen LogP contribution in [0.25, 0.3) is 10.2 Å². The second kappa shape index (κ2) is 6.84. The third-order valence-electron chi connectivity index (χ3n) is 3.33. The minimum atomic E-state index is -4.87. The van der Waals surface area contributed by atoms with Crippen molar-refractivity contribution in [1.82, 2.24) is 9.78 Å². The van der Waals surface area contributed by atoms with E-state index >= 15 is 0 Å². The van der Waals surface area contributed by atoms with Crippen molar-refractivity contribution in [2.75, 3.05) is 5.32 Å². The molecule has 1 aromatic carbocycles. The van der Waals surface area contributed by atoms with Crippen LogP contribution in [0.15, 0.2) is 30.3 Å². The summed E-state index contributed by atoms with van der Waals surface area (Å²) in [6.07, 6.45) is -6.37. The molecule has 9 nitrogen and oxygen atoms in total. The van der Waals surface area contributed by atoms with Crippen molar-refractivity contribution in [3.8, 4) is 5.75 Å². The zero-order valence-electron chi connectivity index (χ0n) is 13.4. The molecule has 1 amide bonds. The van der Waals surface area contributed by atoms with Gasteiger partial charge < -0.3 is 20.3 Å². The van der Waals surface area contributed by atoms with E-state index in [9.17, 15) is 27.6 Å². The summed E-state index contributed by atoms with van der Waals surface area (Å²) >= 11 is 0.710. The molecule has 0 atom stereocenters. The number of amides is 1. The number of carbonyl (C=O) groups is 3. The first-order valence-electron chi connectivity index (χ1n) is 7.21. The molecule has 0 unspecified atom stereocenters. The lowest BCUT2D eigenvalue weighted by atomic mass is 10.2. The molecule has 2 aromatic heterocycles. The summed E-state index contributed by atoms with van der Waals surface area (Å²) in [6.45, 7) is 0. The molecule has 0 saturated heterocycles. The lowest BCUT2D eigenvalue weighted by molar-refractivity contribution is -0.274. The van der Waals surface area contributed by atoms with Crippen molar-refractivity contribution in [1.29, 1.82) is 0 Å². The lowest BCUT2D eigenvalue weighted by Crippen LogP contribution is -2.17. The number of carboxylic acids is 1. The molecule has 0 aliphatic rings. The second-order valence-electron chi connectivity index (χ2n) is 5.20. The molecule has 0 saturated carbocycles. The SMILES string of the molecule is O=C(Nc1nn(C(=O)O)c2cc(C(=O)O)sc12)c1ccc(OC(F)(F)F)cc1. The molecule has 0 spiro atoms. The number of ether oxygens (including phenoxy) is 1. The van der Waals surface area contributed by atoms with E-state index in [4.69, 9.17) is 10.2 Å². The number of fused-ring (bicyclic) bond motifs is 1. The molecule has 0 aliphatic carbocycles. The molecule has 146 valence electrons. The van der Waals surface area contributed by atoms with Crippen LogP contribution in [0.2, 0.25) is 0 Å². The lowest BCUT2D eigenvalue weighted by Gasteiger charge is -2.09. The van der Waals surface area contributed by atoms with Crippen LogP contribution in [0.1, 0.15) is 20.0 Å². The van der Waals surface area contributed by atoms with E-state index in [0.29, 0.717) is 16.0 Å². The summed E-state index contributed by atoms with van der Waals surface area (Å²) in [5.41, 5.74) is -0.0818. The number of halogens is 3. The summed E-state index contributed by atoms with van der Waals surface area (Å²) in [7, 11) is 0. The Morgan fingerprint density at radius 1 is 1.14 bits per heavy atom. The highest BCUT2D eigenvalue weighted by atomic mass is 32.1. The minimum Gasteiger partial charge on any atom is -0.477 e. The van der Waals surface area contributed by atoms with Gasteiger partial charge in [-0.3, -0.25) is 4.79 Å². The van der Waals surface area contributed by atoms with Crippen LogP contribution in [0.5, 0.6) is 5.75 Å². The standard InChI is InChI=1S/C15H8F3N3O6S/c16-15(17,18)27-7-3-1-6(2-4-7)12(22)19-11-10-8(21(20-11)14(25)26)5-9(28-10)13(23)24/h1-5H,(H,23,24)(H,25,26)(H,19,20,22). The van der Waals surface area contributed by atoms with Crippen LogP contribution in [0.3, 0.4) is 0 Å². The van der Waals surface area contributed by atoms with Gasteiger partial charge in [-0.1, -0.05) is 0 Å². The minimum absolute atomic E-state index is 0.0286. The van der Waals surface area contributed by atoms with Gasteiger partial charge in [0.1, 0.15) is 10.6 Å². The fraction of sp³-hybridized carbons (Fsp3) is 0.0667. The smallest absolute Gasteiger partial charge is 0.477 e. The molecule has 0 fully saturated rings. The van der Waals surface area contributed by atoms with Crippen molar-refractivity contribution in [2.24, 2.45) is 0 Å². The number of aromatic carboxylic acids is 1. The van der Waals surface area contributed by atoms with E-state index in [-0.39, 0.29) is 26.5 Å². The summed E-state index contributed by atoms with van der Waals surface area (Å²) in [5.74, 6) is -2.79. The van der Waals surface area contributed by atoms with Crippen molar-refractivity contribution in [2.45, 2.75) is 6.36 Å². The molecule has 0 aliphatic heterocycles. The number of rotatable bonds is 4. The molecule has 13 heteroatoms. The van der Waals surface area contributed by atoms with E-state index in [1.165, 1.54) is 0 Å². The van der Waals surface area contributed by atoms with Crippen LogP contribution in [0.4, 0.5) is 23.8 Å². The summed E-state index contributed by atoms with van der Waals surface area (Å²) in [4.78, 5) is 34.5. The maximum absolute atomic E-state index is 12.3. The number of alkyl halides is 3. The van der Waals surface area contributed by atoms with E-state index in [1.807, 2.05) is 0 Å². The number of hydrogen-bond acceptors (Lipinski definition) is 6. The average molecular weight is 415 g/mol. The van der Waals surface area contributed by atoms with Gasteiger partial charge in [0.15, 0.2) is 5.82 Å². The fourth-order valence-corrected chi connectivity index (χ4v) is 3.14. The molecule has 0 radical (unpaired) electrons. The molecule has 3 N–H and O–H groups in total. The third kappa shape index (κ3) is 3.88. The van der Waals surface area contributed by atoms with Gasteiger partial charge in [0.25, 0.3) is 5.91 Å². The summed E-state index contributed by atoms with van der Waals surface area (Å²) in [5, 5.41) is 24.2. The summed E-state index contributed by atoms with van der Waals surface area (Å²) < 4.78 is 40.8. The van der Waals surface area contributed by atoms with Gasteiger partial charge in [0, 0.05) is 5.56 Å². The van der Waals surface area contributed by atoms with Gasteiger partial charge in [-0.15, -0.1) is 29.6 Å². The monoisotopic (exact) mass is 415 g/mol. The number of aromatic nitrogens is 2. The number of hydrogen-bond donors (Lipinski definition) is 3. The van der Waals surface area contributed by atoms with Crippen molar-refractivity contribution in [3.63, 3.8) is 0 Å². The highest BCUT2D eigenvalue weighted by Gasteiger charge is 2.31. The molecular formula is C15H8F3N3O6S. The average Bonchev–Trinajstić information content (AvgIpc) is 3.14. The summed E-state index contributed by atoms with van der Waals surface area (Å²) in [6, 6.07) is 5.10. The fourth-order valence-electron chi connectivity index (χ4n) is 2.23. The van der Waals surface area contributed by atoms with Crippen LogP contribution in [-0.4, -0.2) is 44.3 Å². The van der Waals surface area contributed by atoms with Gasteiger partial charge in [-0.25, -0.2) is 9.59 Å². The van der Waals surface area contributed by atoms with Crippen molar-refractivity contribution in [3.05, 3.63) is 40.8 Å². The third-order valence-corrected chi connectivity index (χ3v) is 4.45. The Labute approximate surface area is 156 Å². The van der Waals surface area contributed by atoms with Gasteiger partial charge in [0.2, 0.25) is 0 Å². The maximum atomic E-state index is 12.3. The normalized spacial score (nSPS) is 11.4. The quantitative estimate of drug-likeness (QED) is 0.595. The van der Waals surface area contributed by atoms with E-state index in [1.54, 1.807) is 0 Å². The number of nitrogens with zero attached hydrogens (tertiary/aromatic N) is 2. The largest absolute Gasteiger partial charge is 0.573 e. The number of anilines is 1. The Morgan fingerprint density at radius 2 is 1.79 bits per heavy atom. The Morgan fingerprint density at radius 3 is 2.32 bits per heavy atom. The number of thiophene rings is 1. The van der Waals surface area contributed by atoms with E-state index in [2.05, 4.69) is 15.2 Å². The van der Waals surface area contributed by atoms with Crippen molar-refractivity contribution < 1.29 is 42.5 Å². The van der Waals surface area contributed by atoms with Crippen molar-refractivity contribution >= 4 is 45.3 Å². The van der Waals surface area contributed by atoms with Crippen LogP contribution < -0.4 is 10.1 Å². The Hall–Kier alpha value is -3.61. The maximum Gasteiger partial charge on any atom is 0.573 e. The van der Waals surface area contributed by atoms with Crippen LogP contribution in [0, 0.1) is 0 Å². The van der Waals surface area contributed by atoms with Gasteiger partial charge >= 0.3 is 18.4 Å². The van der Waals surface area contributed by atoms with Crippen LogP contribution >= 0.6 is 11.3 Å². The topological polar surface area (TPSA) is 131 Å². The molecule has 2 heterocycles. The number of carbonyl (C=O) groups excluding carboxylic acids is 1. The van der Waals surface area contributed by atoms with Gasteiger partial charge in [-0.05, 0) is 30.3 Å². The predicted molar refractivity (Wildman–Crippen MR) is 89.1 cm³/mol. The van der Waals surface area contributed by atoms with E-state index in [0.717, 1.165) is 30.3 Å². The second-order valence-corrected chi connectivity index (χ2v) is 6.25.